The average Bonchev–Trinajstić information content (AvgIpc) is 2.47. The van der Waals surface area contributed by atoms with Crippen LogP contribution in [-0.2, 0) is 0 Å². The van der Waals surface area contributed by atoms with Gasteiger partial charge in [0.2, 0.25) is 0 Å². The van der Waals surface area contributed by atoms with Gasteiger partial charge >= 0.3 is 0 Å². The van der Waals surface area contributed by atoms with Gasteiger partial charge in [-0.05, 0) is 60.5 Å². The molecule has 3 aromatic rings. The molecule has 0 aliphatic rings. The molecule has 0 unspecified atom stereocenters. The van der Waals surface area contributed by atoms with Crippen molar-refractivity contribution in [2.75, 3.05) is 0 Å². The summed E-state index contributed by atoms with van der Waals surface area (Å²) in [7, 11) is 0. The Morgan fingerprint density at radius 3 is 2.32 bits per heavy atom. The fraction of sp³-hybridized carbons (Fsp3) is 0.222. The van der Waals surface area contributed by atoms with Gasteiger partial charge in [0.15, 0.2) is 0 Å². The Bertz CT molecular complexity index is 949. The second kappa shape index (κ2) is 5.78. The zero-order valence-electron chi connectivity index (χ0n) is 12.8. The highest BCUT2D eigenvalue weighted by Gasteiger charge is 2.08. The van der Waals surface area contributed by atoms with E-state index in [1.165, 1.54) is 5.56 Å². The Morgan fingerprint density at radius 2 is 1.68 bits per heavy atom. The highest BCUT2D eigenvalue weighted by molar-refractivity contribution is 7.72. The van der Waals surface area contributed by atoms with Crippen LogP contribution < -0.4 is 0 Å². The van der Waals surface area contributed by atoms with Crippen LogP contribution in [0.3, 0.4) is 0 Å². The lowest BCUT2D eigenvalue weighted by Gasteiger charge is -2.11. The van der Waals surface area contributed by atoms with E-state index in [1.54, 1.807) is 0 Å². The van der Waals surface area contributed by atoms with E-state index in [4.69, 9.17) is 28.9 Å². The van der Waals surface area contributed by atoms with Crippen molar-refractivity contribution in [1.29, 1.82) is 0 Å². The minimum Gasteiger partial charge on any atom is -0.431 e. The smallest absolute Gasteiger partial charge is 0.274 e. The summed E-state index contributed by atoms with van der Waals surface area (Å²) in [5.41, 5.74) is 4.09. The number of rotatable bonds is 2. The van der Waals surface area contributed by atoms with Crippen molar-refractivity contribution in [3.05, 3.63) is 63.1 Å². The molecule has 0 aliphatic carbocycles. The van der Waals surface area contributed by atoms with Crippen molar-refractivity contribution < 1.29 is 4.42 Å². The van der Waals surface area contributed by atoms with Crippen LogP contribution in [0.1, 0.15) is 30.9 Å². The van der Waals surface area contributed by atoms with E-state index in [2.05, 4.69) is 26.0 Å². The van der Waals surface area contributed by atoms with Crippen molar-refractivity contribution in [2.45, 2.75) is 26.7 Å². The van der Waals surface area contributed by atoms with Gasteiger partial charge in [-0.2, -0.15) is 0 Å². The number of hydrogen-bond donors (Lipinski definition) is 0. The first-order valence-electron chi connectivity index (χ1n) is 7.24. The van der Waals surface area contributed by atoms with Gasteiger partial charge in [-0.1, -0.05) is 44.3 Å². The molecular weight excluding hydrogens is 310 g/mol. The predicted molar refractivity (Wildman–Crippen MR) is 96.0 cm³/mol. The fourth-order valence-corrected chi connectivity index (χ4v) is 3.17. The maximum absolute atomic E-state index is 5.80. The molecule has 22 heavy (non-hydrogen) atoms. The van der Waals surface area contributed by atoms with Crippen molar-refractivity contribution in [2.24, 2.45) is 0 Å². The summed E-state index contributed by atoms with van der Waals surface area (Å²) in [4.78, 5) is 0.375. The van der Waals surface area contributed by atoms with Crippen molar-refractivity contribution in [1.82, 2.24) is 4.57 Å². The average molecular weight is 327 g/mol. The third kappa shape index (κ3) is 2.64. The lowest BCUT2D eigenvalue weighted by atomic mass is 10.0. The molecule has 0 amide bonds. The van der Waals surface area contributed by atoms with Crippen molar-refractivity contribution >= 4 is 35.4 Å². The van der Waals surface area contributed by atoms with E-state index in [1.807, 2.05) is 41.8 Å². The van der Waals surface area contributed by atoms with Gasteiger partial charge in [0.1, 0.15) is 10.2 Å². The fourth-order valence-electron chi connectivity index (χ4n) is 2.46. The van der Waals surface area contributed by atoms with E-state index in [9.17, 15) is 0 Å². The van der Waals surface area contributed by atoms with Gasteiger partial charge in [-0.15, -0.1) is 0 Å². The topological polar surface area (TPSA) is 18.1 Å². The number of aryl methyl sites for hydroxylation is 1. The summed E-state index contributed by atoms with van der Waals surface area (Å²) < 4.78 is 8.29. The summed E-state index contributed by atoms with van der Waals surface area (Å²) in [6.45, 7) is 6.37. The van der Waals surface area contributed by atoms with E-state index in [-0.39, 0.29) is 0 Å². The molecule has 0 atom stereocenters. The summed E-state index contributed by atoms with van der Waals surface area (Å²) in [6, 6.07) is 14.3. The molecule has 0 bridgehead atoms. The van der Waals surface area contributed by atoms with E-state index in [0.29, 0.717) is 15.4 Å². The second-order valence-electron chi connectivity index (χ2n) is 5.75. The first-order valence-corrected chi connectivity index (χ1v) is 8.06. The van der Waals surface area contributed by atoms with E-state index in [0.717, 1.165) is 22.2 Å². The Balaban J connectivity index is 2.25. The van der Waals surface area contributed by atoms with Crippen LogP contribution in [0.15, 0.2) is 46.9 Å². The SMILES string of the molecule is Cc1ccc2c(=S)n(-c3ccc(C(C)C)cc3)c(=S)oc2c1. The summed E-state index contributed by atoms with van der Waals surface area (Å²) in [6.07, 6.45) is 0. The van der Waals surface area contributed by atoms with Crippen LogP contribution in [0.4, 0.5) is 0 Å². The predicted octanol–water partition coefficient (Wildman–Crippen LogP) is 6.11. The molecule has 0 spiro atoms. The molecule has 0 radical (unpaired) electrons. The van der Waals surface area contributed by atoms with Crippen LogP contribution in [0.2, 0.25) is 0 Å². The Morgan fingerprint density at radius 1 is 1.00 bits per heavy atom. The highest BCUT2D eigenvalue weighted by atomic mass is 32.1. The minimum absolute atomic E-state index is 0.375. The standard InChI is InChI=1S/C18H17NOS2/c1-11(2)13-5-7-14(8-6-13)19-17(21)15-9-4-12(3)10-16(15)20-18(19)22/h4-11H,1-3H3. The maximum Gasteiger partial charge on any atom is 0.274 e. The molecule has 0 saturated carbocycles. The van der Waals surface area contributed by atoms with E-state index >= 15 is 0 Å². The third-order valence-electron chi connectivity index (χ3n) is 3.77. The number of hydrogen-bond acceptors (Lipinski definition) is 3. The molecule has 1 heterocycles. The number of nitrogens with zero attached hydrogens (tertiary/aromatic N) is 1. The van der Waals surface area contributed by atoms with Crippen LogP contribution in [0.25, 0.3) is 16.7 Å². The number of aromatic nitrogens is 1. The largest absolute Gasteiger partial charge is 0.431 e. The van der Waals surface area contributed by atoms with Crippen LogP contribution in [-0.4, -0.2) is 4.57 Å². The lowest BCUT2D eigenvalue weighted by molar-refractivity contribution is 0.537. The van der Waals surface area contributed by atoms with Crippen LogP contribution in [0.5, 0.6) is 0 Å². The zero-order chi connectivity index (χ0) is 15.9. The molecule has 0 aliphatic heterocycles. The third-order valence-corrected chi connectivity index (χ3v) is 4.44. The molecule has 0 N–H and O–H groups in total. The van der Waals surface area contributed by atoms with Gasteiger partial charge in [0.05, 0.1) is 11.1 Å². The molecule has 0 saturated heterocycles. The summed E-state index contributed by atoms with van der Waals surface area (Å²) in [5, 5.41) is 0.905. The Labute approximate surface area is 140 Å². The monoisotopic (exact) mass is 327 g/mol. The maximum atomic E-state index is 5.80. The van der Waals surface area contributed by atoms with Crippen LogP contribution in [0, 0.1) is 16.4 Å². The molecule has 112 valence electrons. The second-order valence-corrected chi connectivity index (χ2v) is 6.49. The van der Waals surface area contributed by atoms with Crippen molar-refractivity contribution in [3.8, 4) is 5.69 Å². The highest BCUT2D eigenvalue weighted by Crippen LogP contribution is 2.23. The minimum atomic E-state index is 0.375. The molecule has 2 nitrogen and oxygen atoms in total. The lowest BCUT2D eigenvalue weighted by Crippen LogP contribution is -2.00. The summed E-state index contributed by atoms with van der Waals surface area (Å²) in [5.74, 6) is 0.495. The molecule has 4 heteroatoms. The zero-order valence-corrected chi connectivity index (χ0v) is 14.4. The molecule has 0 fully saturated rings. The van der Waals surface area contributed by atoms with Crippen molar-refractivity contribution in [3.63, 3.8) is 0 Å². The normalized spacial score (nSPS) is 11.3. The molecule has 3 rings (SSSR count). The van der Waals surface area contributed by atoms with Gasteiger partial charge in [0, 0.05) is 0 Å². The van der Waals surface area contributed by atoms with Gasteiger partial charge in [-0.3, -0.25) is 4.57 Å². The molecular formula is C18H17NOS2. The molecule has 2 aromatic carbocycles. The van der Waals surface area contributed by atoms with Gasteiger partial charge < -0.3 is 4.42 Å². The van der Waals surface area contributed by atoms with Crippen LogP contribution >= 0.6 is 24.4 Å². The quantitative estimate of drug-likeness (QED) is 0.529. The summed E-state index contributed by atoms with van der Waals surface area (Å²) >= 11 is 11.0. The number of benzene rings is 2. The van der Waals surface area contributed by atoms with E-state index < -0.39 is 0 Å². The van der Waals surface area contributed by atoms with Gasteiger partial charge in [-0.25, -0.2) is 0 Å². The Kier molecular flexibility index (Phi) is 3.98. The Hall–Kier alpha value is -1.78. The van der Waals surface area contributed by atoms with Gasteiger partial charge in [0.25, 0.3) is 4.84 Å². The molecule has 1 aromatic heterocycles. The number of fused-ring (bicyclic) bond motifs is 1. The first kappa shape index (κ1) is 15.1. The first-order chi connectivity index (χ1) is 10.5.